The molecule has 2 amide bonds. The van der Waals surface area contributed by atoms with Crippen molar-refractivity contribution >= 4 is 27.5 Å². The van der Waals surface area contributed by atoms with Crippen LogP contribution in [0.25, 0.3) is 0 Å². The van der Waals surface area contributed by atoms with E-state index in [1.165, 1.54) is 10.6 Å². The molecule has 2 aromatic carbocycles. The number of aryl methyl sites for hydroxylation is 2. The zero-order valence-corrected chi connectivity index (χ0v) is 24.2. The highest BCUT2D eigenvalue weighted by molar-refractivity contribution is 7.92. The number of carbonyl (C=O) groups is 2. The summed E-state index contributed by atoms with van der Waals surface area (Å²) in [7, 11) is -3.54. The average molecular weight is 530 g/mol. The molecule has 0 spiro atoms. The minimum Gasteiger partial charge on any atom is -0.352 e. The Bertz CT molecular complexity index is 1180. The predicted octanol–water partition coefficient (Wildman–Crippen LogP) is 4.88. The molecule has 0 heterocycles. The average Bonchev–Trinajstić information content (AvgIpc) is 2.84. The number of sulfonamides is 1. The summed E-state index contributed by atoms with van der Waals surface area (Å²) in [5.74, 6) is -0.323. The van der Waals surface area contributed by atoms with E-state index in [0.717, 1.165) is 28.7 Å². The summed E-state index contributed by atoms with van der Waals surface area (Å²) in [6, 6.07) is 12.8. The summed E-state index contributed by atoms with van der Waals surface area (Å²) in [4.78, 5) is 28.4. The molecule has 0 unspecified atom stereocenters. The Labute approximate surface area is 223 Å². The van der Waals surface area contributed by atoms with E-state index in [1.807, 2.05) is 77.9 Å². The SMILES string of the molecule is CC[C@@H](C)NC(=O)[C@H](CC)N(Cc1ccccc1C)C(=O)CCCN(c1cccc(C)c1C)S(C)(=O)=O. The molecule has 2 atom stereocenters. The van der Waals surface area contributed by atoms with Crippen molar-refractivity contribution in [3.63, 3.8) is 0 Å². The quantitative estimate of drug-likeness (QED) is 0.401. The lowest BCUT2D eigenvalue weighted by Crippen LogP contribution is -2.50. The van der Waals surface area contributed by atoms with Gasteiger partial charge in [0.15, 0.2) is 0 Å². The van der Waals surface area contributed by atoms with Gasteiger partial charge in [0, 0.05) is 25.6 Å². The van der Waals surface area contributed by atoms with Crippen molar-refractivity contribution in [2.75, 3.05) is 17.1 Å². The van der Waals surface area contributed by atoms with E-state index < -0.39 is 16.1 Å². The third kappa shape index (κ3) is 8.32. The number of amides is 2. The van der Waals surface area contributed by atoms with E-state index >= 15 is 0 Å². The van der Waals surface area contributed by atoms with Gasteiger partial charge < -0.3 is 10.2 Å². The van der Waals surface area contributed by atoms with E-state index in [4.69, 9.17) is 0 Å². The second-order valence-corrected chi connectivity index (χ2v) is 11.8. The molecule has 1 N–H and O–H groups in total. The molecule has 2 aromatic rings. The number of anilines is 1. The van der Waals surface area contributed by atoms with Gasteiger partial charge in [-0.25, -0.2) is 8.42 Å². The third-order valence-electron chi connectivity index (χ3n) is 6.99. The molecule has 0 aliphatic carbocycles. The third-order valence-corrected chi connectivity index (χ3v) is 8.17. The summed E-state index contributed by atoms with van der Waals surface area (Å²) >= 11 is 0. The number of rotatable bonds is 13. The maximum Gasteiger partial charge on any atom is 0.243 e. The molecule has 37 heavy (non-hydrogen) atoms. The minimum atomic E-state index is -3.54. The highest BCUT2D eigenvalue weighted by Crippen LogP contribution is 2.26. The second kappa shape index (κ2) is 13.6. The van der Waals surface area contributed by atoms with Crippen LogP contribution in [0.15, 0.2) is 42.5 Å². The first kappa shape index (κ1) is 30.4. The van der Waals surface area contributed by atoms with Gasteiger partial charge in [-0.2, -0.15) is 0 Å². The second-order valence-electron chi connectivity index (χ2n) is 9.85. The van der Waals surface area contributed by atoms with E-state index in [2.05, 4.69) is 5.32 Å². The summed E-state index contributed by atoms with van der Waals surface area (Å²) in [5, 5.41) is 3.02. The van der Waals surface area contributed by atoms with E-state index in [1.54, 1.807) is 11.0 Å². The topological polar surface area (TPSA) is 86.8 Å². The first-order valence-electron chi connectivity index (χ1n) is 13.1. The van der Waals surface area contributed by atoms with Crippen LogP contribution in [0.4, 0.5) is 5.69 Å². The number of hydrogen-bond acceptors (Lipinski definition) is 4. The van der Waals surface area contributed by atoms with Crippen LogP contribution in [0.2, 0.25) is 0 Å². The normalized spacial score (nSPS) is 13.1. The fourth-order valence-electron chi connectivity index (χ4n) is 4.32. The molecule has 0 saturated carbocycles. The lowest BCUT2D eigenvalue weighted by molar-refractivity contribution is -0.141. The van der Waals surface area contributed by atoms with Crippen LogP contribution in [-0.4, -0.2) is 50.0 Å². The molecule has 204 valence electrons. The predicted molar refractivity (Wildman–Crippen MR) is 151 cm³/mol. The molecular formula is C29H43N3O4S. The van der Waals surface area contributed by atoms with Gasteiger partial charge in [-0.15, -0.1) is 0 Å². The maximum absolute atomic E-state index is 13.6. The lowest BCUT2D eigenvalue weighted by atomic mass is 10.0. The standard InChI is InChI=1S/C29H43N3O4S/c1-8-23(5)30-29(34)26(9-2)31(20-25-16-11-10-14-22(25)4)28(33)18-13-19-32(37(7,35)36)27-17-12-15-21(3)24(27)6/h10-12,14-17,23,26H,8-9,13,18-20H2,1-7H3,(H,30,34)/t23-,26+/m1/s1. The van der Waals surface area contributed by atoms with Crippen LogP contribution in [0, 0.1) is 20.8 Å². The van der Waals surface area contributed by atoms with Crippen LogP contribution >= 0.6 is 0 Å². The van der Waals surface area contributed by atoms with Crippen molar-refractivity contribution in [3.8, 4) is 0 Å². The summed E-state index contributed by atoms with van der Waals surface area (Å²) in [5.41, 5.74) is 4.57. The fourth-order valence-corrected chi connectivity index (χ4v) is 5.34. The zero-order chi connectivity index (χ0) is 27.8. The molecule has 0 aliphatic rings. The van der Waals surface area contributed by atoms with Gasteiger partial charge in [-0.3, -0.25) is 13.9 Å². The smallest absolute Gasteiger partial charge is 0.243 e. The Morgan fingerprint density at radius 1 is 0.946 bits per heavy atom. The monoisotopic (exact) mass is 529 g/mol. The highest BCUT2D eigenvalue weighted by Gasteiger charge is 2.29. The van der Waals surface area contributed by atoms with Crippen molar-refractivity contribution in [2.24, 2.45) is 0 Å². The molecule has 2 rings (SSSR count). The molecular weight excluding hydrogens is 486 g/mol. The number of nitrogens with zero attached hydrogens (tertiary/aromatic N) is 2. The van der Waals surface area contributed by atoms with Crippen molar-refractivity contribution in [1.29, 1.82) is 0 Å². The zero-order valence-electron chi connectivity index (χ0n) is 23.4. The van der Waals surface area contributed by atoms with Crippen molar-refractivity contribution < 1.29 is 18.0 Å². The lowest BCUT2D eigenvalue weighted by Gasteiger charge is -2.32. The van der Waals surface area contributed by atoms with Crippen molar-refractivity contribution in [2.45, 2.75) is 85.9 Å². The summed E-state index contributed by atoms with van der Waals surface area (Å²) in [6.07, 6.45) is 2.95. The Morgan fingerprint density at radius 2 is 1.59 bits per heavy atom. The number of carbonyl (C=O) groups excluding carboxylic acids is 2. The molecule has 0 aromatic heterocycles. The molecule has 0 aliphatic heterocycles. The van der Waals surface area contributed by atoms with Gasteiger partial charge in [0.1, 0.15) is 6.04 Å². The Balaban J connectivity index is 2.27. The number of hydrogen-bond donors (Lipinski definition) is 1. The van der Waals surface area contributed by atoms with Crippen LogP contribution in [0.5, 0.6) is 0 Å². The summed E-state index contributed by atoms with van der Waals surface area (Å²) in [6.45, 7) is 12.2. The van der Waals surface area contributed by atoms with Gasteiger partial charge >= 0.3 is 0 Å². The molecule has 0 fully saturated rings. The number of benzene rings is 2. The highest BCUT2D eigenvalue weighted by atomic mass is 32.2. The van der Waals surface area contributed by atoms with Crippen LogP contribution < -0.4 is 9.62 Å². The van der Waals surface area contributed by atoms with Crippen LogP contribution in [-0.2, 0) is 26.2 Å². The van der Waals surface area contributed by atoms with Gasteiger partial charge in [0.2, 0.25) is 21.8 Å². The van der Waals surface area contributed by atoms with Gasteiger partial charge in [0.25, 0.3) is 0 Å². The maximum atomic E-state index is 13.6. The minimum absolute atomic E-state index is 0.0119. The van der Waals surface area contributed by atoms with Gasteiger partial charge in [-0.1, -0.05) is 50.2 Å². The van der Waals surface area contributed by atoms with E-state index in [0.29, 0.717) is 25.1 Å². The summed E-state index contributed by atoms with van der Waals surface area (Å²) < 4.78 is 26.6. The first-order valence-corrected chi connectivity index (χ1v) is 14.9. The van der Waals surface area contributed by atoms with Crippen LogP contribution in [0.1, 0.15) is 68.7 Å². The van der Waals surface area contributed by atoms with Gasteiger partial charge in [-0.05, 0) is 75.3 Å². The van der Waals surface area contributed by atoms with Crippen LogP contribution in [0.3, 0.4) is 0 Å². The number of nitrogens with one attached hydrogen (secondary N) is 1. The molecule has 7 nitrogen and oxygen atoms in total. The van der Waals surface area contributed by atoms with Crippen molar-refractivity contribution in [3.05, 3.63) is 64.7 Å². The largest absolute Gasteiger partial charge is 0.352 e. The van der Waals surface area contributed by atoms with E-state index in [9.17, 15) is 18.0 Å². The first-order chi connectivity index (χ1) is 17.4. The molecule has 0 saturated heterocycles. The molecule has 8 heteroatoms. The Hall–Kier alpha value is -2.87. The Kier molecular flexibility index (Phi) is 11.2. The fraction of sp³-hybridized carbons (Fsp3) is 0.517. The Morgan fingerprint density at radius 3 is 2.19 bits per heavy atom. The van der Waals surface area contributed by atoms with Gasteiger partial charge in [0.05, 0.1) is 11.9 Å². The van der Waals surface area contributed by atoms with Crippen molar-refractivity contribution in [1.82, 2.24) is 10.2 Å². The molecule has 0 radical (unpaired) electrons. The molecule has 0 bridgehead atoms. The van der Waals surface area contributed by atoms with E-state index in [-0.39, 0.29) is 30.8 Å².